The van der Waals surface area contributed by atoms with Gasteiger partial charge in [-0.3, -0.25) is 4.79 Å². The summed E-state index contributed by atoms with van der Waals surface area (Å²) in [4.78, 5) is 14.5. The number of carbonyl (C=O) groups excluding carboxylic acids is 1. The van der Waals surface area contributed by atoms with Crippen LogP contribution in [0.5, 0.6) is 0 Å². The largest absolute Gasteiger partial charge is 0.351 e. The Hall–Kier alpha value is -2.97. The van der Waals surface area contributed by atoms with Crippen molar-refractivity contribution in [2.75, 3.05) is 11.4 Å². The van der Waals surface area contributed by atoms with Gasteiger partial charge in [0.25, 0.3) is 5.91 Å². The minimum atomic E-state index is -0.338. The quantitative estimate of drug-likeness (QED) is 0.641. The van der Waals surface area contributed by atoms with Crippen molar-refractivity contribution in [2.24, 2.45) is 0 Å². The molecule has 1 aliphatic rings. The van der Waals surface area contributed by atoms with Crippen molar-refractivity contribution in [3.63, 3.8) is 0 Å². The standard InChI is InChI=1S/C21H19N3OS/c1-16-15-26-21(24(16)18-10-6-3-7-11-18)19(14-22)20(25)23-13-12-17-8-4-2-5-9-17/h2-11,15H,12-13H2,1H3,(H,23,25)/b21-19-. The molecule has 3 rings (SSSR count). The Labute approximate surface area is 157 Å². The average molecular weight is 361 g/mol. The molecule has 0 radical (unpaired) electrons. The summed E-state index contributed by atoms with van der Waals surface area (Å²) in [5.74, 6) is -0.338. The third-order valence-corrected chi connectivity index (χ3v) is 5.08. The van der Waals surface area contributed by atoms with Crippen LogP contribution in [0.15, 0.2) is 82.4 Å². The van der Waals surface area contributed by atoms with Gasteiger partial charge in [-0.05, 0) is 36.4 Å². The Bertz CT molecular complexity index is 882. The van der Waals surface area contributed by atoms with E-state index in [9.17, 15) is 10.1 Å². The van der Waals surface area contributed by atoms with Crippen molar-refractivity contribution < 1.29 is 4.79 Å². The van der Waals surface area contributed by atoms with Gasteiger partial charge in [0.05, 0.1) is 0 Å². The van der Waals surface area contributed by atoms with Gasteiger partial charge in [-0.15, -0.1) is 0 Å². The fourth-order valence-electron chi connectivity index (χ4n) is 2.72. The van der Waals surface area contributed by atoms with Crippen molar-refractivity contribution in [1.29, 1.82) is 5.26 Å². The van der Waals surface area contributed by atoms with Gasteiger partial charge in [-0.1, -0.05) is 60.3 Å². The van der Waals surface area contributed by atoms with Crippen LogP contribution < -0.4 is 10.2 Å². The molecule has 0 bridgehead atoms. The molecule has 2 aromatic rings. The number of amides is 1. The van der Waals surface area contributed by atoms with Gasteiger partial charge in [0.1, 0.15) is 16.7 Å². The number of anilines is 1. The fraction of sp³-hybridized carbons (Fsp3) is 0.143. The topological polar surface area (TPSA) is 56.1 Å². The zero-order valence-electron chi connectivity index (χ0n) is 14.5. The molecule has 4 nitrogen and oxygen atoms in total. The van der Waals surface area contributed by atoms with Crippen LogP contribution in [-0.4, -0.2) is 12.5 Å². The zero-order chi connectivity index (χ0) is 18.4. The molecule has 0 spiro atoms. The van der Waals surface area contributed by atoms with Gasteiger partial charge >= 0.3 is 0 Å². The fourth-order valence-corrected chi connectivity index (χ4v) is 3.72. The second kappa shape index (κ2) is 8.41. The van der Waals surface area contributed by atoms with Gasteiger partial charge in [-0.2, -0.15) is 5.26 Å². The molecule has 0 fully saturated rings. The molecule has 1 amide bonds. The molecule has 2 aromatic carbocycles. The van der Waals surface area contributed by atoms with E-state index in [0.29, 0.717) is 11.6 Å². The Morgan fingerprint density at radius 1 is 1.12 bits per heavy atom. The minimum absolute atomic E-state index is 0.139. The number of rotatable bonds is 5. The number of allylic oxidation sites excluding steroid dienone is 1. The Morgan fingerprint density at radius 3 is 2.42 bits per heavy atom. The molecular weight excluding hydrogens is 342 g/mol. The molecule has 1 aliphatic heterocycles. The molecule has 26 heavy (non-hydrogen) atoms. The van der Waals surface area contributed by atoms with Crippen LogP contribution in [0.2, 0.25) is 0 Å². The second-order valence-corrected chi connectivity index (χ2v) is 6.69. The lowest BCUT2D eigenvalue weighted by Gasteiger charge is -2.22. The average Bonchev–Trinajstić information content (AvgIpc) is 3.05. The van der Waals surface area contributed by atoms with Crippen molar-refractivity contribution in [3.05, 3.63) is 87.9 Å². The highest BCUT2D eigenvalue weighted by Crippen LogP contribution is 2.39. The Kier molecular flexibility index (Phi) is 5.77. The minimum Gasteiger partial charge on any atom is -0.351 e. The van der Waals surface area contributed by atoms with Crippen molar-refractivity contribution in [2.45, 2.75) is 13.3 Å². The first-order valence-corrected chi connectivity index (χ1v) is 9.24. The van der Waals surface area contributed by atoms with Crippen LogP contribution in [-0.2, 0) is 11.2 Å². The van der Waals surface area contributed by atoms with Gasteiger partial charge in [-0.25, -0.2) is 0 Å². The first-order chi connectivity index (χ1) is 12.7. The molecule has 130 valence electrons. The van der Waals surface area contributed by atoms with E-state index < -0.39 is 0 Å². The maximum atomic E-state index is 12.6. The third-order valence-electron chi connectivity index (χ3n) is 4.01. The van der Waals surface area contributed by atoms with E-state index in [1.54, 1.807) is 0 Å². The molecule has 1 heterocycles. The molecule has 0 aliphatic carbocycles. The van der Waals surface area contributed by atoms with E-state index in [1.807, 2.05) is 77.9 Å². The Balaban J connectivity index is 1.76. The Morgan fingerprint density at radius 2 is 1.77 bits per heavy atom. The second-order valence-electron chi connectivity index (χ2n) is 5.83. The molecule has 0 saturated heterocycles. The number of hydrogen-bond donors (Lipinski definition) is 1. The number of hydrogen-bond acceptors (Lipinski definition) is 4. The molecule has 0 saturated carbocycles. The summed E-state index contributed by atoms with van der Waals surface area (Å²) >= 11 is 1.40. The molecule has 0 aromatic heterocycles. The van der Waals surface area contributed by atoms with E-state index in [0.717, 1.165) is 23.4 Å². The van der Waals surface area contributed by atoms with Crippen molar-refractivity contribution in [1.82, 2.24) is 5.32 Å². The van der Waals surface area contributed by atoms with Gasteiger partial charge in [0, 0.05) is 17.9 Å². The van der Waals surface area contributed by atoms with E-state index in [-0.39, 0.29) is 11.5 Å². The summed E-state index contributed by atoms with van der Waals surface area (Å²) in [5, 5.41) is 15.1. The van der Waals surface area contributed by atoms with Crippen LogP contribution in [0.3, 0.4) is 0 Å². The van der Waals surface area contributed by atoms with E-state index in [1.165, 1.54) is 11.8 Å². The third kappa shape index (κ3) is 3.98. The molecule has 0 atom stereocenters. The van der Waals surface area contributed by atoms with E-state index in [4.69, 9.17) is 0 Å². The van der Waals surface area contributed by atoms with Crippen LogP contribution >= 0.6 is 11.8 Å². The summed E-state index contributed by atoms with van der Waals surface area (Å²) in [5.41, 5.74) is 3.21. The highest BCUT2D eigenvalue weighted by molar-refractivity contribution is 8.06. The smallest absolute Gasteiger partial charge is 0.264 e. The lowest BCUT2D eigenvalue weighted by molar-refractivity contribution is -0.117. The van der Waals surface area contributed by atoms with Crippen molar-refractivity contribution >= 4 is 23.4 Å². The van der Waals surface area contributed by atoms with Crippen molar-refractivity contribution in [3.8, 4) is 6.07 Å². The number of para-hydroxylation sites is 1. The summed E-state index contributed by atoms with van der Waals surface area (Å²) in [6, 6.07) is 21.8. The monoisotopic (exact) mass is 361 g/mol. The van der Waals surface area contributed by atoms with Crippen LogP contribution in [0.1, 0.15) is 12.5 Å². The van der Waals surface area contributed by atoms with Crippen LogP contribution in [0, 0.1) is 11.3 Å². The van der Waals surface area contributed by atoms with Gasteiger partial charge in [0.2, 0.25) is 0 Å². The highest BCUT2D eigenvalue weighted by atomic mass is 32.2. The predicted octanol–water partition coefficient (Wildman–Crippen LogP) is 4.20. The number of nitrogens with zero attached hydrogens (tertiary/aromatic N) is 2. The SMILES string of the molecule is CC1=CS/C(=C(/C#N)C(=O)NCCc2ccccc2)N1c1ccccc1. The zero-order valence-corrected chi connectivity index (χ0v) is 15.3. The summed E-state index contributed by atoms with van der Waals surface area (Å²) in [6.07, 6.45) is 0.730. The first-order valence-electron chi connectivity index (χ1n) is 8.36. The summed E-state index contributed by atoms with van der Waals surface area (Å²) in [6.45, 7) is 2.46. The first kappa shape index (κ1) is 17.8. The van der Waals surface area contributed by atoms with E-state index in [2.05, 4.69) is 11.4 Å². The highest BCUT2D eigenvalue weighted by Gasteiger charge is 2.26. The maximum absolute atomic E-state index is 12.6. The van der Waals surface area contributed by atoms with Crippen LogP contribution in [0.4, 0.5) is 5.69 Å². The normalized spacial score (nSPS) is 15.2. The molecule has 5 heteroatoms. The maximum Gasteiger partial charge on any atom is 0.264 e. The summed E-state index contributed by atoms with van der Waals surface area (Å²) < 4.78 is 0. The lowest BCUT2D eigenvalue weighted by atomic mass is 10.1. The lowest BCUT2D eigenvalue weighted by Crippen LogP contribution is -2.29. The number of benzene rings is 2. The van der Waals surface area contributed by atoms with Gasteiger partial charge < -0.3 is 10.2 Å². The summed E-state index contributed by atoms with van der Waals surface area (Å²) in [7, 11) is 0. The molecular formula is C21H19N3OS. The number of nitrogens with one attached hydrogen (secondary N) is 1. The van der Waals surface area contributed by atoms with Crippen LogP contribution in [0.25, 0.3) is 0 Å². The molecule has 0 unspecified atom stereocenters. The number of thioether (sulfide) groups is 1. The number of nitriles is 1. The number of carbonyl (C=O) groups is 1. The molecule has 1 N–H and O–H groups in total. The van der Waals surface area contributed by atoms with Gasteiger partial charge in [0.15, 0.2) is 0 Å². The predicted molar refractivity (Wildman–Crippen MR) is 106 cm³/mol. The van der Waals surface area contributed by atoms with E-state index >= 15 is 0 Å².